The molecule has 3 rings (SSSR count). The standard InChI is InChI=1S/C18H20Cl2N4OS/c19-14-11-15(20)13-16(12-14)24-8-6-23(7-9-24)5-1-2-10-26-18-21-4-3-17(25)22-18/h1-4,11-13H,5-10H2,(H,21,22,25). The van der Waals surface area contributed by atoms with E-state index in [9.17, 15) is 4.79 Å². The minimum Gasteiger partial charge on any atom is -0.369 e. The summed E-state index contributed by atoms with van der Waals surface area (Å²) >= 11 is 13.7. The van der Waals surface area contributed by atoms with Crippen LogP contribution in [0.15, 0.2) is 52.6 Å². The van der Waals surface area contributed by atoms with Crippen molar-refractivity contribution in [1.29, 1.82) is 0 Å². The van der Waals surface area contributed by atoms with E-state index >= 15 is 0 Å². The van der Waals surface area contributed by atoms with E-state index in [1.54, 1.807) is 6.07 Å². The van der Waals surface area contributed by atoms with Gasteiger partial charge in [0.25, 0.3) is 5.56 Å². The molecule has 0 radical (unpaired) electrons. The molecular formula is C18H20Cl2N4OS. The number of rotatable bonds is 6. The van der Waals surface area contributed by atoms with Crippen molar-refractivity contribution < 1.29 is 0 Å². The molecule has 5 nitrogen and oxygen atoms in total. The second-order valence-corrected chi connectivity index (χ2v) is 7.82. The highest BCUT2D eigenvalue weighted by Gasteiger charge is 2.16. The first kappa shape index (κ1) is 19.3. The van der Waals surface area contributed by atoms with Crippen LogP contribution in [-0.4, -0.2) is 53.3 Å². The van der Waals surface area contributed by atoms with Crippen LogP contribution >= 0.6 is 35.0 Å². The van der Waals surface area contributed by atoms with Crippen LogP contribution in [0.2, 0.25) is 10.0 Å². The Hall–Kier alpha value is -1.47. The predicted octanol–water partition coefficient (Wildman–Crippen LogP) is 3.55. The van der Waals surface area contributed by atoms with E-state index in [1.807, 2.05) is 12.1 Å². The van der Waals surface area contributed by atoms with Crippen LogP contribution in [0.4, 0.5) is 5.69 Å². The fourth-order valence-corrected chi connectivity index (χ4v) is 3.97. The molecule has 26 heavy (non-hydrogen) atoms. The molecule has 1 aliphatic rings. The lowest BCUT2D eigenvalue weighted by atomic mass is 10.2. The Labute approximate surface area is 167 Å². The summed E-state index contributed by atoms with van der Waals surface area (Å²) in [6, 6.07) is 7.09. The lowest BCUT2D eigenvalue weighted by Crippen LogP contribution is -2.46. The van der Waals surface area contributed by atoms with Crippen molar-refractivity contribution in [2.75, 3.05) is 43.4 Å². The number of nitrogens with one attached hydrogen (secondary N) is 1. The fraction of sp³-hybridized carbons (Fsp3) is 0.333. The van der Waals surface area contributed by atoms with Gasteiger partial charge in [-0.25, -0.2) is 4.98 Å². The molecule has 1 N–H and O–H groups in total. The number of aromatic amines is 1. The molecule has 0 bridgehead atoms. The average molecular weight is 411 g/mol. The molecule has 2 heterocycles. The quantitative estimate of drug-likeness (QED) is 0.448. The normalized spacial score (nSPS) is 15.7. The first-order valence-electron chi connectivity index (χ1n) is 8.37. The van der Waals surface area contributed by atoms with Crippen LogP contribution in [0.5, 0.6) is 0 Å². The van der Waals surface area contributed by atoms with Crippen molar-refractivity contribution in [3.63, 3.8) is 0 Å². The maximum atomic E-state index is 11.2. The van der Waals surface area contributed by atoms with Crippen LogP contribution in [0.3, 0.4) is 0 Å². The summed E-state index contributed by atoms with van der Waals surface area (Å²) in [6.07, 6.45) is 5.80. The van der Waals surface area contributed by atoms with Crippen LogP contribution in [0.25, 0.3) is 0 Å². The van der Waals surface area contributed by atoms with Crippen LogP contribution < -0.4 is 10.5 Å². The number of benzene rings is 1. The van der Waals surface area contributed by atoms with Gasteiger partial charge in [0.15, 0.2) is 5.16 Å². The molecule has 0 unspecified atom stereocenters. The molecule has 0 atom stereocenters. The Morgan fingerprint density at radius 2 is 1.85 bits per heavy atom. The number of halogens is 2. The summed E-state index contributed by atoms with van der Waals surface area (Å²) in [5.74, 6) is 0.786. The van der Waals surface area contributed by atoms with Gasteiger partial charge in [0.1, 0.15) is 0 Å². The Morgan fingerprint density at radius 1 is 1.12 bits per heavy atom. The van der Waals surface area contributed by atoms with Gasteiger partial charge in [-0.1, -0.05) is 47.1 Å². The lowest BCUT2D eigenvalue weighted by Gasteiger charge is -2.35. The number of piperazine rings is 1. The summed E-state index contributed by atoms with van der Waals surface area (Å²) in [5, 5.41) is 1.99. The number of thioether (sulfide) groups is 1. The van der Waals surface area contributed by atoms with E-state index in [1.165, 1.54) is 24.0 Å². The molecule has 0 spiro atoms. The van der Waals surface area contributed by atoms with E-state index in [2.05, 4.69) is 31.9 Å². The zero-order chi connectivity index (χ0) is 18.4. The highest BCUT2D eigenvalue weighted by atomic mass is 35.5. The van der Waals surface area contributed by atoms with Gasteiger partial charge in [-0.05, 0) is 18.2 Å². The van der Waals surface area contributed by atoms with Crippen molar-refractivity contribution in [2.24, 2.45) is 0 Å². The molecule has 8 heteroatoms. The zero-order valence-corrected chi connectivity index (χ0v) is 16.5. The maximum Gasteiger partial charge on any atom is 0.251 e. The molecular weight excluding hydrogens is 391 g/mol. The van der Waals surface area contributed by atoms with Crippen molar-refractivity contribution >= 4 is 40.7 Å². The monoisotopic (exact) mass is 410 g/mol. The van der Waals surface area contributed by atoms with Crippen molar-refractivity contribution in [3.8, 4) is 0 Å². The van der Waals surface area contributed by atoms with Crippen LogP contribution in [-0.2, 0) is 0 Å². The first-order chi connectivity index (χ1) is 12.6. The van der Waals surface area contributed by atoms with Gasteiger partial charge in [0, 0.05) is 66.5 Å². The molecule has 138 valence electrons. The predicted molar refractivity (Wildman–Crippen MR) is 110 cm³/mol. The van der Waals surface area contributed by atoms with Crippen LogP contribution in [0, 0.1) is 0 Å². The number of hydrogen-bond donors (Lipinski definition) is 1. The van der Waals surface area contributed by atoms with E-state index in [0.717, 1.165) is 44.2 Å². The van der Waals surface area contributed by atoms with Gasteiger partial charge < -0.3 is 9.88 Å². The Kier molecular flexibility index (Phi) is 7.02. The Bertz CT molecular complexity index is 799. The SMILES string of the molecule is O=c1ccnc(SCC=CCN2CCN(c3cc(Cl)cc(Cl)c3)CC2)[nH]1. The minimum atomic E-state index is -0.120. The molecule has 2 aromatic rings. The third kappa shape index (κ3) is 5.77. The lowest BCUT2D eigenvalue weighted by molar-refractivity contribution is 0.284. The third-order valence-corrected chi connectivity index (χ3v) is 5.36. The minimum absolute atomic E-state index is 0.120. The summed E-state index contributed by atoms with van der Waals surface area (Å²) in [4.78, 5) is 22.7. The van der Waals surface area contributed by atoms with Crippen molar-refractivity contribution in [2.45, 2.75) is 5.16 Å². The molecule has 0 aliphatic carbocycles. The summed E-state index contributed by atoms with van der Waals surface area (Å²) in [6.45, 7) is 4.82. The zero-order valence-electron chi connectivity index (χ0n) is 14.2. The topological polar surface area (TPSA) is 52.2 Å². The van der Waals surface area contributed by atoms with Gasteiger partial charge in [0.05, 0.1) is 0 Å². The Morgan fingerprint density at radius 3 is 2.54 bits per heavy atom. The van der Waals surface area contributed by atoms with Gasteiger partial charge in [-0.3, -0.25) is 9.69 Å². The summed E-state index contributed by atoms with van der Waals surface area (Å²) in [5.41, 5.74) is 0.962. The van der Waals surface area contributed by atoms with Gasteiger partial charge >= 0.3 is 0 Å². The van der Waals surface area contributed by atoms with Crippen molar-refractivity contribution in [1.82, 2.24) is 14.9 Å². The number of hydrogen-bond acceptors (Lipinski definition) is 5. The van der Waals surface area contributed by atoms with Crippen LogP contribution in [0.1, 0.15) is 0 Å². The summed E-state index contributed by atoms with van der Waals surface area (Å²) < 4.78 is 0. The fourth-order valence-electron chi connectivity index (χ4n) is 2.75. The second kappa shape index (κ2) is 9.46. The average Bonchev–Trinajstić information content (AvgIpc) is 2.61. The smallest absolute Gasteiger partial charge is 0.251 e. The summed E-state index contributed by atoms with van der Waals surface area (Å²) in [7, 11) is 0. The molecule has 1 aromatic heterocycles. The molecule has 1 aromatic carbocycles. The highest BCUT2D eigenvalue weighted by molar-refractivity contribution is 7.99. The number of aromatic nitrogens is 2. The molecule has 1 aliphatic heterocycles. The highest BCUT2D eigenvalue weighted by Crippen LogP contribution is 2.26. The molecule has 1 fully saturated rings. The van der Waals surface area contributed by atoms with E-state index in [4.69, 9.17) is 23.2 Å². The number of anilines is 1. The first-order valence-corrected chi connectivity index (χ1v) is 10.1. The van der Waals surface area contributed by atoms with Gasteiger partial charge in [0.2, 0.25) is 0 Å². The Balaban J connectivity index is 1.40. The van der Waals surface area contributed by atoms with Gasteiger partial charge in [-0.2, -0.15) is 0 Å². The van der Waals surface area contributed by atoms with Crippen molar-refractivity contribution in [3.05, 3.63) is 63.0 Å². The third-order valence-electron chi connectivity index (χ3n) is 4.08. The number of H-pyrrole nitrogens is 1. The van der Waals surface area contributed by atoms with E-state index < -0.39 is 0 Å². The molecule has 0 amide bonds. The molecule has 1 saturated heterocycles. The molecule has 0 saturated carbocycles. The number of nitrogens with zero attached hydrogens (tertiary/aromatic N) is 3. The van der Waals surface area contributed by atoms with E-state index in [0.29, 0.717) is 15.2 Å². The maximum absolute atomic E-state index is 11.2. The largest absolute Gasteiger partial charge is 0.369 e. The van der Waals surface area contributed by atoms with Gasteiger partial charge in [-0.15, -0.1) is 0 Å². The van der Waals surface area contributed by atoms with E-state index in [-0.39, 0.29) is 5.56 Å². The second-order valence-electron chi connectivity index (χ2n) is 5.94.